The Morgan fingerprint density at radius 1 is 1.08 bits per heavy atom. The van der Waals surface area contributed by atoms with Gasteiger partial charge in [-0.2, -0.15) is 0 Å². The van der Waals surface area contributed by atoms with Crippen molar-refractivity contribution >= 4 is 5.91 Å². The highest BCUT2D eigenvalue weighted by Gasteiger charge is 2.17. The molecule has 134 valence electrons. The number of benzene rings is 2. The van der Waals surface area contributed by atoms with Crippen molar-refractivity contribution < 1.29 is 14.3 Å². The Bertz CT molecular complexity index is 683. The summed E-state index contributed by atoms with van der Waals surface area (Å²) in [6, 6.07) is 15.6. The van der Waals surface area contributed by atoms with Crippen molar-refractivity contribution in [3.8, 4) is 11.5 Å². The molecule has 1 N–H and O–H groups in total. The molecule has 0 fully saturated rings. The molecule has 1 atom stereocenters. The van der Waals surface area contributed by atoms with Crippen molar-refractivity contribution in [1.82, 2.24) is 5.32 Å². The molecule has 2 aromatic rings. The standard InChI is InChI=1S/C21H27NO3/c1-15(2)19-11-10-16(3)14-20(19)25-17(4)21(23)22-12-13-24-18-8-6-5-7-9-18/h5-11,14-15,17H,12-13H2,1-4H3,(H,22,23). The molecule has 0 saturated carbocycles. The zero-order valence-corrected chi connectivity index (χ0v) is 15.4. The molecule has 1 amide bonds. The second-order valence-corrected chi connectivity index (χ2v) is 6.41. The molecule has 0 aliphatic heterocycles. The fourth-order valence-corrected chi connectivity index (χ4v) is 2.47. The topological polar surface area (TPSA) is 47.6 Å². The van der Waals surface area contributed by atoms with Crippen molar-refractivity contribution in [3.63, 3.8) is 0 Å². The van der Waals surface area contributed by atoms with Crippen LogP contribution in [0.3, 0.4) is 0 Å². The van der Waals surface area contributed by atoms with Gasteiger partial charge < -0.3 is 14.8 Å². The molecule has 0 aromatic heterocycles. The Balaban J connectivity index is 1.83. The fourth-order valence-electron chi connectivity index (χ4n) is 2.47. The summed E-state index contributed by atoms with van der Waals surface area (Å²) in [7, 11) is 0. The number of rotatable bonds is 8. The molecule has 0 aliphatic carbocycles. The zero-order chi connectivity index (χ0) is 18.2. The third-order valence-electron chi connectivity index (χ3n) is 3.88. The minimum absolute atomic E-state index is 0.145. The van der Waals surface area contributed by atoms with Crippen LogP contribution in [0.2, 0.25) is 0 Å². The molecule has 0 aliphatic rings. The predicted octanol–water partition coefficient (Wildman–Crippen LogP) is 4.08. The van der Waals surface area contributed by atoms with Crippen molar-refractivity contribution in [1.29, 1.82) is 0 Å². The number of carbonyl (C=O) groups is 1. The Morgan fingerprint density at radius 3 is 2.48 bits per heavy atom. The predicted molar refractivity (Wildman–Crippen MR) is 100 cm³/mol. The van der Waals surface area contributed by atoms with Crippen LogP contribution in [0.5, 0.6) is 11.5 Å². The molecule has 0 heterocycles. The lowest BCUT2D eigenvalue weighted by Crippen LogP contribution is -2.38. The second kappa shape index (κ2) is 9.11. The Kier molecular flexibility index (Phi) is 6.87. The Hall–Kier alpha value is -2.49. The van der Waals surface area contributed by atoms with Crippen molar-refractivity contribution in [2.45, 2.75) is 39.7 Å². The number of para-hydroxylation sites is 1. The van der Waals surface area contributed by atoms with Crippen molar-refractivity contribution in [2.75, 3.05) is 13.2 Å². The molecule has 4 nitrogen and oxygen atoms in total. The number of ether oxygens (including phenoxy) is 2. The second-order valence-electron chi connectivity index (χ2n) is 6.41. The summed E-state index contributed by atoms with van der Waals surface area (Å²) in [4.78, 5) is 12.2. The Labute approximate surface area is 150 Å². The van der Waals surface area contributed by atoms with Crippen LogP contribution in [0.1, 0.15) is 37.8 Å². The van der Waals surface area contributed by atoms with Gasteiger partial charge in [0.2, 0.25) is 0 Å². The van der Waals surface area contributed by atoms with E-state index in [0.717, 1.165) is 22.6 Å². The van der Waals surface area contributed by atoms with Crippen LogP contribution in [0, 0.1) is 6.92 Å². The van der Waals surface area contributed by atoms with Crippen LogP contribution < -0.4 is 14.8 Å². The first-order valence-electron chi connectivity index (χ1n) is 8.70. The number of hydrogen-bond donors (Lipinski definition) is 1. The number of hydrogen-bond acceptors (Lipinski definition) is 3. The van der Waals surface area contributed by atoms with Gasteiger partial charge in [-0.3, -0.25) is 4.79 Å². The maximum Gasteiger partial charge on any atom is 0.260 e. The lowest BCUT2D eigenvalue weighted by molar-refractivity contribution is -0.127. The van der Waals surface area contributed by atoms with Crippen LogP contribution in [0.25, 0.3) is 0 Å². The third-order valence-corrected chi connectivity index (χ3v) is 3.88. The van der Waals surface area contributed by atoms with E-state index in [9.17, 15) is 4.79 Å². The minimum atomic E-state index is -0.559. The first kappa shape index (κ1) is 18.8. The summed E-state index contributed by atoms with van der Waals surface area (Å²) in [6.45, 7) is 8.87. The number of amides is 1. The van der Waals surface area contributed by atoms with E-state index in [-0.39, 0.29) is 5.91 Å². The quantitative estimate of drug-likeness (QED) is 0.736. The average Bonchev–Trinajstić information content (AvgIpc) is 2.59. The highest BCUT2D eigenvalue weighted by Crippen LogP contribution is 2.28. The van der Waals surface area contributed by atoms with Gasteiger partial charge in [-0.05, 0) is 49.1 Å². The van der Waals surface area contributed by atoms with E-state index in [1.165, 1.54) is 0 Å². The largest absolute Gasteiger partial charge is 0.492 e. The van der Waals surface area contributed by atoms with Crippen LogP contribution in [0.4, 0.5) is 0 Å². The van der Waals surface area contributed by atoms with E-state index in [4.69, 9.17) is 9.47 Å². The smallest absolute Gasteiger partial charge is 0.260 e. The van der Waals surface area contributed by atoms with E-state index >= 15 is 0 Å². The molecule has 4 heteroatoms. The van der Waals surface area contributed by atoms with Crippen LogP contribution in [-0.2, 0) is 4.79 Å². The summed E-state index contributed by atoms with van der Waals surface area (Å²) >= 11 is 0. The van der Waals surface area contributed by atoms with E-state index in [0.29, 0.717) is 19.1 Å². The molecule has 2 aromatic carbocycles. The molecule has 0 spiro atoms. The maximum absolute atomic E-state index is 12.2. The molecule has 0 saturated heterocycles. The summed E-state index contributed by atoms with van der Waals surface area (Å²) in [5.41, 5.74) is 2.22. The van der Waals surface area contributed by atoms with E-state index < -0.39 is 6.10 Å². The van der Waals surface area contributed by atoms with E-state index in [1.807, 2.05) is 43.3 Å². The number of aryl methyl sites for hydroxylation is 1. The van der Waals surface area contributed by atoms with Gasteiger partial charge in [-0.1, -0.05) is 44.2 Å². The monoisotopic (exact) mass is 341 g/mol. The SMILES string of the molecule is Cc1ccc(C(C)C)c(OC(C)C(=O)NCCOc2ccccc2)c1. The molecule has 2 rings (SSSR count). The van der Waals surface area contributed by atoms with Gasteiger partial charge in [-0.25, -0.2) is 0 Å². The van der Waals surface area contributed by atoms with Crippen LogP contribution in [0.15, 0.2) is 48.5 Å². The Morgan fingerprint density at radius 2 is 1.80 bits per heavy atom. The van der Waals surface area contributed by atoms with Gasteiger partial charge >= 0.3 is 0 Å². The van der Waals surface area contributed by atoms with Gasteiger partial charge in [0.1, 0.15) is 18.1 Å². The molecule has 0 bridgehead atoms. The molecule has 0 radical (unpaired) electrons. The molecular weight excluding hydrogens is 314 g/mol. The average molecular weight is 341 g/mol. The van der Waals surface area contributed by atoms with Gasteiger partial charge in [0.15, 0.2) is 6.10 Å². The highest BCUT2D eigenvalue weighted by molar-refractivity contribution is 5.80. The number of nitrogens with one attached hydrogen (secondary N) is 1. The minimum Gasteiger partial charge on any atom is -0.492 e. The molecular formula is C21H27NO3. The lowest BCUT2D eigenvalue weighted by atomic mass is 10.0. The first-order chi connectivity index (χ1) is 12.0. The zero-order valence-electron chi connectivity index (χ0n) is 15.4. The van der Waals surface area contributed by atoms with Crippen molar-refractivity contribution in [3.05, 3.63) is 59.7 Å². The first-order valence-corrected chi connectivity index (χ1v) is 8.70. The fraction of sp³-hybridized carbons (Fsp3) is 0.381. The summed E-state index contributed by atoms with van der Waals surface area (Å²) in [6.07, 6.45) is -0.559. The van der Waals surface area contributed by atoms with Gasteiger partial charge in [0.25, 0.3) is 5.91 Å². The van der Waals surface area contributed by atoms with E-state index in [2.05, 4.69) is 31.3 Å². The summed E-state index contributed by atoms with van der Waals surface area (Å²) < 4.78 is 11.5. The van der Waals surface area contributed by atoms with Crippen molar-refractivity contribution in [2.24, 2.45) is 0 Å². The summed E-state index contributed by atoms with van der Waals surface area (Å²) in [5, 5.41) is 2.85. The van der Waals surface area contributed by atoms with Gasteiger partial charge in [-0.15, -0.1) is 0 Å². The maximum atomic E-state index is 12.2. The highest BCUT2D eigenvalue weighted by atomic mass is 16.5. The molecule has 25 heavy (non-hydrogen) atoms. The van der Waals surface area contributed by atoms with Gasteiger partial charge in [0.05, 0.1) is 6.54 Å². The third kappa shape index (κ3) is 5.82. The summed E-state index contributed by atoms with van der Waals surface area (Å²) in [5.74, 6) is 1.76. The normalized spacial score (nSPS) is 11.9. The molecule has 1 unspecified atom stereocenters. The van der Waals surface area contributed by atoms with Crippen LogP contribution >= 0.6 is 0 Å². The van der Waals surface area contributed by atoms with Gasteiger partial charge in [0, 0.05) is 0 Å². The lowest BCUT2D eigenvalue weighted by Gasteiger charge is -2.19. The number of carbonyl (C=O) groups excluding carboxylic acids is 1. The van der Waals surface area contributed by atoms with E-state index in [1.54, 1.807) is 6.92 Å². The van der Waals surface area contributed by atoms with Crippen LogP contribution in [-0.4, -0.2) is 25.2 Å².